The maximum absolute atomic E-state index is 14.2. The van der Waals surface area contributed by atoms with Crippen LogP contribution in [0.15, 0.2) is 60.9 Å². The normalized spacial score (nSPS) is 22.6. The van der Waals surface area contributed by atoms with Gasteiger partial charge in [-0.25, -0.2) is 18.7 Å². The van der Waals surface area contributed by atoms with Crippen molar-refractivity contribution < 1.29 is 38.8 Å². The molecule has 54 heavy (non-hydrogen) atoms. The molecule has 0 aliphatic heterocycles. The van der Waals surface area contributed by atoms with Gasteiger partial charge in [0.2, 0.25) is 0 Å². The molecule has 0 radical (unpaired) electrons. The number of pyridine rings is 2. The minimum atomic E-state index is -0.905. The average Bonchev–Trinajstić information content (AvgIpc) is 3.12. The number of halogens is 6. The number of carbonyl (C=O) groups is 2. The van der Waals surface area contributed by atoms with E-state index in [1.807, 2.05) is 57.3 Å². The molecule has 2 heterocycles. The Morgan fingerprint density at radius 3 is 1.39 bits per heavy atom. The highest BCUT2D eigenvalue weighted by Crippen LogP contribution is 2.32. The standard InChI is InChI=1S/2C20H20ClFINO3/c2*21-19-9-15(18(26)7-12-2-1-3-17(25)20(12)27)13(10-24-19)6-11-4-5-14(23)8-16(11)22/h2*4-5,8-10,12,17,20,25,27H,1-3,6-7H2/t2*12-,17+,20-/m10/s1. The summed E-state index contributed by atoms with van der Waals surface area (Å²) in [6.07, 6.45) is 4.28. The highest BCUT2D eigenvalue weighted by atomic mass is 127. The van der Waals surface area contributed by atoms with Crippen molar-refractivity contribution in [3.8, 4) is 0 Å². The van der Waals surface area contributed by atoms with Crippen LogP contribution in [0.2, 0.25) is 10.3 Å². The van der Waals surface area contributed by atoms with Crippen LogP contribution in [0, 0.1) is 30.6 Å². The van der Waals surface area contributed by atoms with Gasteiger partial charge < -0.3 is 20.4 Å². The van der Waals surface area contributed by atoms with Crippen molar-refractivity contribution in [2.75, 3.05) is 0 Å². The number of aliphatic hydroxyl groups is 4. The first-order chi connectivity index (χ1) is 25.7. The van der Waals surface area contributed by atoms with Gasteiger partial charge in [-0.2, -0.15) is 0 Å². The Balaban J connectivity index is 0.000000208. The third kappa shape index (κ3) is 11.5. The van der Waals surface area contributed by atoms with E-state index in [0.717, 1.165) is 20.0 Å². The first kappa shape index (κ1) is 43.0. The molecule has 2 aliphatic rings. The Morgan fingerprint density at radius 2 is 1.02 bits per heavy atom. The summed E-state index contributed by atoms with van der Waals surface area (Å²) in [5, 5.41) is 40.4. The molecule has 6 rings (SSSR count). The predicted molar refractivity (Wildman–Crippen MR) is 219 cm³/mol. The number of ketones is 2. The van der Waals surface area contributed by atoms with Crippen LogP contribution in [0.5, 0.6) is 0 Å². The molecular weight excluding hydrogens is 967 g/mol. The highest BCUT2D eigenvalue weighted by molar-refractivity contribution is 14.1. The predicted octanol–water partition coefficient (Wildman–Crippen LogP) is 8.33. The third-order valence-electron chi connectivity index (χ3n) is 10.1. The molecular formula is C40H40Cl2F2I2N2O6. The van der Waals surface area contributed by atoms with Crippen LogP contribution < -0.4 is 0 Å². The minimum absolute atomic E-state index is 0.112. The van der Waals surface area contributed by atoms with E-state index in [4.69, 9.17) is 23.2 Å². The number of aromatic nitrogens is 2. The summed E-state index contributed by atoms with van der Waals surface area (Å²) in [6.45, 7) is 0. The highest BCUT2D eigenvalue weighted by Gasteiger charge is 2.34. The number of Topliss-reactive ketones (excluding diaryl/α,β-unsaturated/α-hetero) is 2. The van der Waals surface area contributed by atoms with Gasteiger partial charge in [0.1, 0.15) is 21.9 Å². The van der Waals surface area contributed by atoms with Gasteiger partial charge in [0.25, 0.3) is 0 Å². The zero-order chi connectivity index (χ0) is 39.1. The number of hydrogen-bond acceptors (Lipinski definition) is 8. The van der Waals surface area contributed by atoms with Crippen molar-refractivity contribution in [3.05, 3.63) is 123 Å². The summed E-state index contributed by atoms with van der Waals surface area (Å²) in [4.78, 5) is 33.9. The molecule has 14 heteroatoms. The van der Waals surface area contributed by atoms with Crippen molar-refractivity contribution in [2.24, 2.45) is 11.8 Å². The summed E-state index contributed by atoms with van der Waals surface area (Å²) < 4.78 is 30.0. The smallest absolute Gasteiger partial charge is 0.163 e. The van der Waals surface area contributed by atoms with Crippen molar-refractivity contribution in [1.82, 2.24) is 9.97 Å². The average molecular weight is 1010 g/mol. The van der Waals surface area contributed by atoms with Gasteiger partial charge in [0.05, 0.1) is 24.4 Å². The van der Waals surface area contributed by atoms with E-state index in [-0.39, 0.29) is 71.0 Å². The lowest BCUT2D eigenvalue weighted by Crippen LogP contribution is -2.38. The molecule has 0 spiro atoms. The maximum atomic E-state index is 14.2. The number of rotatable bonds is 10. The van der Waals surface area contributed by atoms with Gasteiger partial charge in [-0.05, 0) is 141 Å². The van der Waals surface area contributed by atoms with Gasteiger partial charge in [0.15, 0.2) is 11.6 Å². The first-order valence-electron chi connectivity index (χ1n) is 17.7. The molecule has 2 aliphatic carbocycles. The van der Waals surface area contributed by atoms with Crippen LogP contribution in [0.3, 0.4) is 0 Å². The minimum Gasteiger partial charge on any atom is -0.390 e. The van der Waals surface area contributed by atoms with Crippen molar-refractivity contribution in [2.45, 2.75) is 88.6 Å². The molecule has 0 saturated heterocycles. The monoisotopic (exact) mass is 1010 g/mol. The van der Waals surface area contributed by atoms with E-state index in [1.165, 1.54) is 36.7 Å². The summed E-state index contributed by atoms with van der Waals surface area (Å²) in [5.74, 6) is -1.62. The zero-order valence-electron chi connectivity index (χ0n) is 29.1. The molecule has 8 nitrogen and oxygen atoms in total. The number of carbonyl (C=O) groups excluding carboxylic acids is 2. The molecule has 2 fully saturated rings. The molecule has 2 aromatic carbocycles. The summed E-state index contributed by atoms with van der Waals surface area (Å²) in [6, 6.07) is 12.9. The Labute approximate surface area is 350 Å². The fourth-order valence-corrected chi connectivity index (χ4v) is 8.31. The second-order valence-corrected chi connectivity index (χ2v) is 17.2. The van der Waals surface area contributed by atoms with Crippen molar-refractivity contribution >= 4 is 80.0 Å². The number of benzene rings is 2. The van der Waals surface area contributed by atoms with Gasteiger partial charge in [-0.3, -0.25) is 9.59 Å². The Bertz CT molecular complexity index is 1830. The molecule has 288 valence electrons. The van der Waals surface area contributed by atoms with Crippen molar-refractivity contribution in [1.29, 1.82) is 0 Å². The largest absolute Gasteiger partial charge is 0.390 e. The lowest BCUT2D eigenvalue weighted by molar-refractivity contribution is -0.0445. The molecule has 4 aromatic rings. The van der Waals surface area contributed by atoms with E-state index < -0.39 is 24.4 Å². The second kappa shape index (κ2) is 19.8. The van der Waals surface area contributed by atoms with Crippen LogP contribution in [0.4, 0.5) is 8.78 Å². The van der Waals surface area contributed by atoms with E-state index in [1.54, 1.807) is 12.1 Å². The zero-order valence-corrected chi connectivity index (χ0v) is 34.9. The molecule has 6 atom stereocenters. The lowest BCUT2D eigenvalue weighted by Gasteiger charge is -2.31. The summed E-state index contributed by atoms with van der Waals surface area (Å²) in [5.41, 5.74) is 2.91. The van der Waals surface area contributed by atoms with E-state index in [9.17, 15) is 38.8 Å². The Morgan fingerprint density at radius 1 is 0.630 bits per heavy atom. The second-order valence-electron chi connectivity index (χ2n) is 13.9. The van der Waals surface area contributed by atoms with Crippen LogP contribution in [0.25, 0.3) is 0 Å². The molecule has 0 amide bonds. The first-order valence-corrected chi connectivity index (χ1v) is 20.6. The molecule has 0 unspecified atom stereocenters. The van der Waals surface area contributed by atoms with Crippen LogP contribution >= 0.6 is 68.4 Å². The summed E-state index contributed by atoms with van der Waals surface area (Å²) >= 11 is 16.0. The quantitative estimate of drug-likeness (QED) is 0.0707. The molecule has 0 bridgehead atoms. The van der Waals surface area contributed by atoms with Crippen molar-refractivity contribution in [3.63, 3.8) is 0 Å². The Hall–Kier alpha value is -2.18. The van der Waals surface area contributed by atoms with Gasteiger partial charge in [0, 0.05) is 56.3 Å². The van der Waals surface area contributed by atoms with Crippen LogP contribution in [-0.4, -0.2) is 66.4 Å². The topological polar surface area (TPSA) is 141 Å². The maximum Gasteiger partial charge on any atom is 0.163 e. The molecule has 4 N–H and O–H groups in total. The number of hydrogen-bond donors (Lipinski definition) is 4. The number of aliphatic hydroxyl groups excluding tert-OH is 4. The van der Waals surface area contributed by atoms with Gasteiger partial charge in [-0.1, -0.05) is 48.2 Å². The van der Waals surface area contributed by atoms with Crippen LogP contribution in [-0.2, 0) is 12.8 Å². The van der Waals surface area contributed by atoms with E-state index in [0.29, 0.717) is 59.1 Å². The third-order valence-corrected chi connectivity index (χ3v) is 11.9. The number of nitrogens with zero attached hydrogens (tertiary/aromatic N) is 2. The van der Waals surface area contributed by atoms with E-state index in [2.05, 4.69) is 9.97 Å². The van der Waals surface area contributed by atoms with E-state index >= 15 is 0 Å². The summed E-state index contributed by atoms with van der Waals surface area (Å²) in [7, 11) is 0. The fourth-order valence-electron chi connectivity index (χ4n) is 7.09. The molecule has 2 saturated carbocycles. The molecule has 2 aromatic heterocycles. The SMILES string of the molecule is O=C(C[C@@H]1CCC[C@@H](O)[C@H]1O)c1cc(Cl)ncc1Cc1ccc(I)cc1F.O=C(C[C@H]1CCC[C@H](O)[C@@H]1O)c1cc(Cl)ncc1Cc1ccc(I)cc1F. The fraction of sp³-hybridized carbons (Fsp3) is 0.400. The van der Waals surface area contributed by atoms with Gasteiger partial charge >= 0.3 is 0 Å². The van der Waals surface area contributed by atoms with Crippen LogP contribution in [0.1, 0.15) is 94.3 Å². The lowest BCUT2D eigenvalue weighted by atomic mass is 9.80. The van der Waals surface area contributed by atoms with Gasteiger partial charge in [-0.15, -0.1) is 0 Å². The Kier molecular flexibility index (Phi) is 15.7.